The number of thiophene rings is 1. The molecular formula is C17H27N3O2S. The van der Waals surface area contributed by atoms with Crippen molar-refractivity contribution in [3.05, 3.63) is 22.4 Å². The Labute approximate surface area is 142 Å². The van der Waals surface area contributed by atoms with Crippen LogP contribution >= 0.6 is 11.3 Å². The second-order valence-electron chi connectivity index (χ2n) is 6.88. The highest BCUT2D eigenvalue weighted by atomic mass is 32.1. The molecule has 3 rings (SSSR count). The van der Waals surface area contributed by atoms with Crippen LogP contribution < -0.4 is 5.32 Å². The molecule has 128 valence electrons. The van der Waals surface area contributed by atoms with Gasteiger partial charge in [0, 0.05) is 38.6 Å². The lowest BCUT2D eigenvalue weighted by Gasteiger charge is -2.43. The van der Waals surface area contributed by atoms with Crippen molar-refractivity contribution in [3.63, 3.8) is 0 Å². The van der Waals surface area contributed by atoms with Gasteiger partial charge in [0.25, 0.3) is 0 Å². The van der Waals surface area contributed by atoms with Gasteiger partial charge in [0.2, 0.25) is 5.91 Å². The van der Waals surface area contributed by atoms with Gasteiger partial charge < -0.3 is 10.1 Å². The highest BCUT2D eigenvalue weighted by molar-refractivity contribution is 7.07. The van der Waals surface area contributed by atoms with Crippen LogP contribution in [0.2, 0.25) is 0 Å². The fourth-order valence-corrected chi connectivity index (χ4v) is 4.49. The summed E-state index contributed by atoms with van der Waals surface area (Å²) in [5.74, 6) is 0.0907. The largest absolute Gasteiger partial charge is 0.379 e. The second kappa shape index (κ2) is 7.75. The third-order valence-electron chi connectivity index (χ3n) is 4.89. The molecule has 2 aliphatic rings. The molecule has 1 spiro atoms. The zero-order valence-electron chi connectivity index (χ0n) is 13.9. The highest BCUT2D eigenvalue weighted by Gasteiger charge is 2.39. The molecule has 1 aromatic heterocycles. The molecule has 0 unspecified atom stereocenters. The van der Waals surface area contributed by atoms with E-state index in [0.29, 0.717) is 6.54 Å². The van der Waals surface area contributed by atoms with Gasteiger partial charge in [-0.3, -0.25) is 14.6 Å². The third kappa shape index (κ3) is 4.53. The molecule has 1 atom stereocenters. The fourth-order valence-electron chi connectivity index (χ4n) is 3.83. The van der Waals surface area contributed by atoms with E-state index < -0.39 is 0 Å². The van der Waals surface area contributed by atoms with Gasteiger partial charge >= 0.3 is 0 Å². The van der Waals surface area contributed by atoms with Crippen LogP contribution in [0.15, 0.2) is 16.8 Å². The number of rotatable bonds is 4. The van der Waals surface area contributed by atoms with Crippen LogP contribution in [0.5, 0.6) is 0 Å². The van der Waals surface area contributed by atoms with E-state index in [-0.39, 0.29) is 11.3 Å². The van der Waals surface area contributed by atoms with Crippen LogP contribution in [0.25, 0.3) is 0 Å². The number of piperidine rings is 1. The molecule has 0 bridgehead atoms. The van der Waals surface area contributed by atoms with Crippen molar-refractivity contribution in [2.75, 3.05) is 53.0 Å². The van der Waals surface area contributed by atoms with Gasteiger partial charge in [-0.05, 0) is 41.8 Å². The number of likely N-dealkylation sites (N-methyl/N-ethyl adjacent to an activating group) is 1. The zero-order valence-corrected chi connectivity index (χ0v) is 14.7. The topological polar surface area (TPSA) is 44.8 Å². The lowest BCUT2D eigenvalue weighted by atomic mass is 9.80. The van der Waals surface area contributed by atoms with Crippen molar-refractivity contribution in [3.8, 4) is 0 Å². The Bertz CT molecular complexity index is 508. The number of carbonyl (C=O) groups excluding carboxylic acids is 1. The van der Waals surface area contributed by atoms with Crippen molar-refractivity contribution < 1.29 is 9.53 Å². The fraction of sp³-hybridized carbons (Fsp3) is 0.706. The molecule has 2 saturated heterocycles. The van der Waals surface area contributed by atoms with Crippen LogP contribution in [0, 0.1) is 5.41 Å². The first-order valence-electron chi connectivity index (χ1n) is 8.43. The van der Waals surface area contributed by atoms with Crippen LogP contribution in [0.4, 0.5) is 0 Å². The Hall–Kier alpha value is -0.950. The Morgan fingerprint density at radius 3 is 3.04 bits per heavy atom. The number of hydrogen-bond donors (Lipinski definition) is 1. The summed E-state index contributed by atoms with van der Waals surface area (Å²) in [5, 5.41) is 7.12. The molecule has 1 aromatic rings. The molecule has 5 nitrogen and oxygen atoms in total. The van der Waals surface area contributed by atoms with E-state index in [0.717, 1.165) is 45.9 Å². The lowest BCUT2D eigenvalue weighted by molar-refractivity contribution is -0.122. The summed E-state index contributed by atoms with van der Waals surface area (Å²) < 4.78 is 5.92. The standard InChI is InChI=1S/C17H27N3O2S/c1-18-16(21)10-20-6-7-22-14-17(13-20)4-2-5-19(12-17)9-15-3-8-23-11-15/h3,8,11H,2,4-7,9-10,12-14H2,1H3,(H,18,21)/t17-/m0/s1. The summed E-state index contributed by atoms with van der Waals surface area (Å²) in [4.78, 5) is 16.6. The summed E-state index contributed by atoms with van der Waals surface area (Å²) in [6.45, 7) is 7.08. The summed E-state index contributed by atoms with van der Waals surface area (Å²) >= 11 is 1.76. The maximum absolute atomic E-state index is 11.7. The average Bonchev–Trinajstić information content (AvgIpc) is 2.97. The molecule has 1 N–H and O–H groups in total. The van der Waals surface area contributed by atoms with Crippen molar-refractivity contribution in [1.29, 1.82) is 0 Å². The smallest absolute Gasteiger partial charge is 0.233 e. The number of likely N-dealkylation sites (tertiary alicyclic amines) is 1. The number of nitrogens with one attached hydrogen (secondary N) is 1. The summed E-state index contributed by atoms with van der Waals surface area (Å²) in [5.41, 5.74) is 1.57. The summed E-state index contributed by atoms with van der Waals surface area (Å²) in [7, 11) is 1.70. The van der Waals surface area contributed by atoms with Crippen LogP contribution in [-0.2, 0) is 16.1 Å². The van der Waals surface area contributed by atoms with Crippen molar-refractivity contribution >= 4 is 17.2 Å². The molecule has 6 heteroatoms. The Kier molecular flexibility index (Phi) is 5.69. The van der Waals surface area contributed by atoms with E-state index in [4.69, 9.17) is 4.74 Å². The Balaban J connectivity index is 1.64. The maximum atomic E-state index is 11.7. The number of nitrogens with zero attached hydrogens (tertiary/aromatic N) is 2. The number of amides is 1. The lowest BCUT2D eigenvalue weighted by Crippen LogP contribution is -2.51. The molecule has 0 aliphatic carbocycles. The van der Waals surface area contributed by atoms with Crippen LogP contribution in [-0.4, -0.2) is 68.7 Å². The minimum Gasteiger partial charge on any atom is -0.379 e. The average molecular weight is 337 g/mol. The first kappa shape index (κ1) is 16.9. The van der Waals surface area contributed by atoms with Crippen LogP contribution in [0.1, 0.15) is 18.4 Å². The molecule has 23 heavy (non-hydrogen) atoms. The quantitative estimate of drug-likeness (QED) is 0.902. The molecule has 1 amide bonds. The molecule has 2 aliphatic heterocycles. The SMILES string of the molecule is CNC(=O)CN1CCOC[C@]2(CCCN(Cc3ccsc3)C2)C1. The van der Waals surface area contributed by atoms with Crippen molar-refractivity contribution in [1.82, 2.24) is 15.1 Å². The first-order chi connectivity index (χ1) is 11.2. The van der Waals surface area contributed by atoms with Gasteiger partial charge in [0.05, 0.1) is 19.8 Å². The molecule has 0 radical (unpaired) electrons. The Morgan fingerprint density at radius 1 is 1.39 bits per heavy atom. The third-order valence-corrected chi connectivity index (χ3v) is 5.62. The monoisotopic (exact) mass is 337 g/mol. The van der Waals surface area contributed by atoms with E-state index in [1.54, 1.807) is 18.4 Å². The second-order valence-corrected chi connectivity index (χ2v) is 7.66. The zero-order chi connectivity index (χ0) is 16.1. The first-order valence-corrected chi connectivity index (χ1v) is 9.38. The predicted octanol–water partition coefficient (Wildman–Crippen LogP) is 1.41. The molecule has 0 saturated carbocycles. The molecule has 3 heterocycles. The van der Waals surface area contributed by atoms with Crippen molar-refractivity contribution in [2.45, 2.75) is 19.4 Å². The normalized spacial score (nSPS) is 27.0. The highest BCUT2D eigenvalue weighted by Crippen LogP contribution is 2.33. The number of ether oxygens (including phenoxy) is 1. The number of carbonyl (C=O) groups is 1. The predicted molar refractivity (Wildman–Crippen MR) is 92.6 cm³/mol. The van der Waals surface area contributed by atoms with Gasteiger partial charge in [-0.25, -0.2) is 0 Å². The molecule has 0 aromatic carbocycles. The van der Waals surface area contributed by atoms with E-state index >= 15 is 0 Å². The Morgan fingerprint density at radius 2 is 2.26 bits per heavy atom. The van der Waals surface area contributed by atoms with Crippen molar-refractivity contribution in [2.24, 2.45) is 5.41 Å². The summed E-state index contributed by atoms with van der Waals surface area (Å²) in [6.07, 6.45) is 2.40. The van der Waals surface area contributed by atoms with E-state index in [9.17, 15) is 4.79 Å². The van der Waals surface area contributed by atoms with E-state index in [1.165, 1.54) is 18.4 Å². The van der Waals surface area contributed by atoms with Gasteiger partial charge in [-0.1, -0.05) is 0 Å². The minimum absolute atomic E-state index is 0.0907. The molecular weight excluding hydrogens is 310 g/mol. The maximum Gasteiger partial charge on any atom is 0.233 e. The van der Waals surface area contributed by atoms with Crippen LogP contribution in [0.3, 0.4) is 0 Å². The van der Waals surface area contributed by atoms with Gasteiger partial charge in [0.1, 0.15) is 0 Å². The van der Waals surface area contributed by atoms with Gasteiger partial charge in [0.15, 0.2) is 0 Å². The van der Waals surface area contributed by atoms with E-state index in [2.05, 4.69) is 31.9 Å². The van der Waals surface area contributed by atoms with Gasteiger partial charge in [-0.15, -0.1) is 0 Å². The van der Waals surface area contributed by atoms with E-state index in [1.807, 2.05) is 0 Å². The molecule has 2 fully saturated rings. The summed E-state index contributed by atoms with van der Waals surface area (Å²) in [6, 6.07) is 2.22. The minimum atomic E-state index is 0.0907. The number of hydrogen-bond acceptors (Lipinski definition) is 5. The van der Waals surface area contributed by atoms with Gasteiger partial charge in [-0.2, -0.15) is 11.3 Å².